The summed E-state index contributed by atoms with van der Waals surface area (Å²) < 4.78 is 2.07. The number of pyridine rings is 1. The zero-order valence-electron chi connectivity index (χ0n) is 17.1. The van der Waals surface area contributed by atoms with Crippen LogP contribution in [0, 0.1) is 0 Å². The number of rotatable bonds is 12. The quantitative estimate of drug-likeness (QED) is 0.292. The molecule has 1 aromatic heterocycles. The summed E-state index contributed by atoms with van der Waals surface area (Å²) in [5.41, 5.74) is 2.00. The molecular formula is C25H35NO. The topological polar surface area (TPSA) is 22.0 Å². The Morgan fingerprint density at radius 1 is 0.889 bits per heavy atom. The number of hydrogen-bond donors (Lipinski definition) is 0. The number of allylic oxidation sites excluding steroid dienone is 3. The molecule has 146 valence electrons. The minimum absolute atomic E-state index is 0.0852. The van der Waals surface area contributed by atoms with E-state index < -0.39 is 0 Å². The van der Waals surface area contributed by atoms with E-state index in [1.165, 1.54) is 57.8 Å². The fourth-order valence-electron chi connectivity index (χ4n) is 3.48. The minimum atomic E-state index is 0.0852. The molecule has 2 heteroatoms. The van der Waals surface area contributed by atoms with Gasteiger partial charge in [-0.15, -0.1) is 0 Å². The maximum absolute atomic E-state index is 12.2. The monoisotopic (exact) mass is 365 g/mol. The molecule has 2 rings (SSSR count). The first-order chi connectivity index (χ1) is 13.2. The van der Waals surface area contributed by atoms with Crippen LogP contribution in [0.5, 0.6) is 0 Å². The third kappa shape index (κ3) is 7.21. The van der Waals surface area contributed by atoms with Gasteiger partial charge in [-0.3, -0.25) is 4.79 Å². The number of nitrogens with zero attached hydrogens (tertiary/aromatic N) is 1. The zero-order valence-corrected chi connectivity index (χ0v) is 17.1. The smallest absolute Gasteiger partial charge is 0.190 e. The molecule has 0 bridgehead atoms. The van der Waals surface area contributed by atoms with Crippen molar-refractivity contribution in [1.82, 2.24) is 4.57 Å². The van der Waals surface area contributed by atoms with Crippen molar-refractivity contribution in [3.8, 4) is 0 Å². The van der Waals surface area contributed by atoms with Gasteiger partial charge in [-0.2, -0.15) is 0 Å². The third-order valence-corrected chi connectivity index (χ3v) is 5.19. The van der Waals surface area contributed by atoms with E-state index in [4.69, 9.17) is 0 Å². The third-order valence-electron chi connectivity index (χ3n) is 5.19. The lowest BCUT2D eigenvalue weighted by atomic mass is 10.1. The molecule has 0 aliphatic carbocycles. The van der Waals surface area contributed by atoms with Crippen molar-refractivity contribution >= 4 is 17.0 Å². The first-order valence-corrected chi connectivity index (χ1v) is 10.7. The molecule has 0 aliphatic rings. The van der Waals surface area contributed by atoms with Crippen LogP contribution in [0.2, 0.25) is 0 Å². The second-order valence-corrected chi connectivity index (χ2v) is 7.41. The van der Waals surface area contributed by atoms with Crippen LogP contribution >= 0.6 is 0 Å². The van der Waals surface area contributed by atoms with Gasteiger partial charge in [0.15, 0.2) is 5.43 Å². The summed E-state index contributed by atoms with van der Waals surface area (Å²) in [5.74, 6) is 0. The van der Waals surface area contributed by atoms with Crippen LogP contribution in [-0.2, 0) is 7.05 Å². The van der Waals surface area contributed by atoms with E-state index in [1.54, 1.807) is 6.07 Å². The maximum Gasteiger partial charge on any atom is 0.190 e. The molecule has 0 N–H and O–H groups in total. The number of hydrogen-bond acceptors (Lipinski definition) is 1. The summed E-state index contributed by atoms with van der Waals surface area (Å²) in [5, 5.41) is 0.776. The van der Waals surface area contributed by atoms with Crippen molar-refractivity contribution in [1.29, 1.82) is 0 Å². The zero-order chi connectivity index (χ0) is 19.3. The fourth-order valence-corrected chi connectivity index (χ4v) is 3.48. The van der Waals surface area contributed by atoms with E-state index in [1.807, 2.05) is 43.5 Å². The van der Waals surface area contributed by atoms with Crippen molar-refractivity contribution in [2.24, 2.45) is 7.05 Å². The summed E-state index contributed by atoms with van der Waals surface area (Å²) in [7, 11) is 2.01. The highest BCUT2D eigenvalue weighted by Crippen LogP contribution is 2.13. The molecule has 0 atom stereocenters. The van der Waals surface area contributed by atoms with Crippen LogP contribution < -0.4 is 5.43 Å². The number of para-hydroxylation sites is 1. The van der Waals surface area contributed by atoms with Gasteiger partial charge >= 0.3 is 0 Å². The summed E-state index contributed by atoms with van der Waals surface area (Å²) in [6, 6.07) is 9.48. The maximum atomic E-state index is 12.2. The van der Waals surface area contributed by atoms with Crippen molar-refractivity contribution in [3.05, 3.63) is 64.5 Å². The average molecular weight is 366 g/mol. The van der Waals surface area contributed by atoms with Gasteiger partial charge in [0, 0.05) is 24.2 Å². The Hall–Kier alpha value is -2.09. The number of aromatic nitrogens is 1. The molecule has 0 unspecified atom stereocenters. The first kappa shape index (κ1) is 21.2. The van der Waals surface area contributed by atoms with Gasteiger partial charge in [-0.1, -0.05) is 88.7 Å². The van der Waals surface area contributed by atoms with Gasteiger partial charge in [0.25, 0.3) is 0 Å². The molecular weight excluding hydrogens is 330 g/mol. The highest BCUT2D eigenvalue weighted by molar-refractivity contribution is 5.80. The summed E-state index contributed by atoms with van der Waals surface area (Å²) in [6.07, 6.45) is 21.8. The Balaban J connectivity index is 1.69. The second kappa shape index (κ2) is 12.3. The van der Waals surface area contributed by atoms with E-state index in [-0.39, 0.29) is 5.43 Å². The highest BCUT2D eigenvalue weighted by Gasteiger charge is 2.02. The van der Waals surface area contributed by atoms with E-state index >= 15 is 0 Å². The summed E-state index contributed by atoms with van der Waals surface area (Å²) >= 11 is 0. The number of unbranched alkanes of at least 4 members (excludes halogenated alkanes) is 9. The van der Waals surface area contributed by atoms with Crippen molar-refractivity contribution < 1.29 is 0 Å². The molecule has 0 amide bonds. The second-order valence-electron chi connectivity index (χ2n) is 7.41. The fraction of sp³-hybridized carbons (Fsp3) is 0.480. The summed E-state index contributed by atoms with van der Waals surface area (Å²) in [4.78, 5) is 12.2. The van der Waals surface area contributed by atoms with Gasteiger partial charge in [0.2, 0.25) is 0 Å². The van der Waals surface area contributed by atoms with Gasteiger partial charge < -0.3 is 4.57 Å². The van der Waals surface area contributed by atoms with Gasteiger partial charge in [-0.05, 0) is 31.1 Å². The largest absolute Gasteiger partial charge is 0.344 e. The molecule has 2 aromatic rings. The lowest BCUT2D eigenvalue weighted by Crippen LogP contribution is -2.08. The van der Waals surface area contributed by atoms with Crippen LogP contribution in [0.25, 0.3) is 17.0 Å². The Bertz CT molecular complexity index is 798. The lowest BCUT2D eigenvalue weighted by Gasteiger charge is -2.08. The van der Waals surface area contributed by atoms with E-state index in [9.17, 15) is 4.79 Å². The predicted octanol–water partition coefficient (Wildman–Crippen LogP) is 7.03. The van der Waals surface area contributed by atoms with Crippen LogP contribution in [0.4, 0.5) is 0 Å². The van der Waals surface area contributed by atoms with Crippen molar-refractivity contribution in [2.75, 3.05) is 0 Å². The molecule has 0 radical (unpaired) electrons. The van der Waals surface area contributed by atoms with Crippen LogP contribution in [-0.4, -0.2) is 4.57 Å². The lowest BCUT2D eigenvalue weighted by molar-refractivity contribution is 0.566. The first-order valence-electron chi connectivity index (χ1n) is 10.7. The van der Waals surface area contributed by atoms with Crippen LogP contribution in [0.3, 0.4) is 0 Å². The molecule has 0 spiro atoms. The Kier molecular flexibility index (Phi) is 9.68. The predicted molar refractivity (Wildman–Crippen MR) is 119 cm³/mol. The molecule has 0 fully saturated rings. The van der Waals surface area contributed by atoms with Crippen LogP contribution in [0.1, 0.15) is 76.8 Å². The molecule has 0 saturated heterocycles. The number of benzene rings is 1. The molecule has 0 saturated carbocycles. The van der Waals surface area contributed by atoms with E-state index in [0.29, 0.717) is 0 Å². The number of fused-ring (bicyclic) bond motifs is 1. The molecule has 2 nitrogen and oxygen atoms in total. The Morgan fingerprint density at radius 3 is 2.30 bits per heavy atom. The Morgan fingerprint density at radius 2 is 1.56 bits per heavy atom. The Labute approximate surface area is 164 Å². The van der Waals surface area contributed by atoms with Crippen LogP contribution in [0.15, 0.2) is 53.4 Å². The highest BCUT2D eigenvalue weighted by atomic mass is 16.1. The molecule has 27 heavy (non-hydrogen) atoms. The van der Waals surface area contributed by atoms with Gasteiger partial charge in [0.1, 0.15) is 0 Å². The SMILES string of the molecule is CCCCCCCCCCC/C=C/C=C/c1cc(=O)c2ccccc2n1C. The summed E-state index contributed by atoms with van der Waals surface area (Å²) in [6.45, 7) is 2.27. The van der Waals surface area contributed by atoms with Crippen molar-refractivity contribution in [2.45, 2.75) is 71.1 Å². The normalized spacial score (nSPS) is 11.9. The number of aryl methyl sites for hydroxylation is 1. The average Bonchev–Trinajstić information content (AvgIpc) is 2.69. The van der Waals surface area contributed by atoms with E-state index in [0.717, 1.165) is 23.0 Å². The van der Waals surface area contributed by atoms with Gasteiger partial charge in [-0.25, -0.2) is 0 Å². The van der Waals surface area contributed by atoms with Gasteiger partial charge in [0.05, 0.1) is 5.52 Å². The van der Waals surface area contributed by atoms with E-state index in [2.05, 4.69) is 23.6 Å². The minimum Gasteiger partial charge on any atom is -0.344 e. The molecule has 0 aliphatic heterocycles. The molecule has 1 heterocycles. The van der Waals surface area contributed by atoms with Crippen molar-refractivity contribution in [3.63, 3.8) is 0 Å². The standard InChI is InChI=1S/C25H35NO/c1-3-4-5-6-7-8-9-10-11-12-13-14-15-18-22-21-25(27)23-19-16-17-20-24(23)26(22)2/h13-21H,3-12H2,1-2H3/b14-13+,18-15+. The molecule has 1 aromatic carbocycles.